The van der Waals surface area contributed by atoms with E-state index in [1.807, 2.05) is 43.3 Å². The third-order valence-electron chi connectivity index (χ3n) is 5.97. The van der Waals surface area contributed by atoms with Crippen LogP contribution < -0.4 is 10.2 Å². The standard InChI is InChI=1S/C23H26ClN3O3/c1-23(11-10-21(28)27(23)16-17-2-4-18(24)5-3-17)22(29)25-19-6-8-20(9-7-19)26-12-14-30-15-13-26/h2-9H,10-16H2,1H3,(H,25,29)/t23-/m1/s1. The fourth-order valence-electron chi connectivity index (χ4n) is 4.01. The average molecular weight is 428 g/mol. The van der Waals surface area contributed by atoms with Crippen LogP contribution in [0.5, 0.6) is 0 Å². The molecule has 2 heterocycles. The molecule has 0 radical (unpaired) electrons. The Hall–Kier alpha value is -2.57. The Kier molecular flexibility index (Phi) is 5.97. The molecular weight excluding hydrogens is 402 g/mol. The Morgan fingerprint density at radius 2 is 1.77 bits per heavy atom. The molecule has 158 valence electrons. The van der Waals surface area contributed by atoms with E-state index in [1.165, 1.54) is 0 Å². The molecule has 2 aromatic rings. The van der Waals surface area contributed by atoms with E-state index >= 15 is 0 Å². The topological polar surface area (TPSA) is 61.9 Å². The van der Waals surface area contributed by atoms with Gasteiger partial charge in [0, 0.05) is 42.5 Å². The van der Waals surface area contributed by atoms with Crippen molar-refractivity contribution in [2.45, 2.75) is 31.8 Å². The molecule has 0 spiro atoms. The van der Waals surface area contributed by atoms with Crippen LogP contribution in [0, 0.1) is 0 Å². The molecule has 2 amide bonds. The summed E-state index contributed by atoms with van der Waals surface area (Å²) in [4.78, 5) is 29.7. The number of hydrogen-bond acceptors (Lipinski definition) is 4. The fourth-order valence-corrected chi connectivity index (χ4v) is 4.14. The molecule has 2 aliphatic rings. The van der Waals surface area contributed by atoms with Crippen molar-refractivity contribution >= 4 is 34.8 Å². The molecule has 1 N–H and O–H groups in total. The molecule has 0 unspecified atom stereocenters. The van der Waals surface area contributed by atoms with E-state index in [9.17, 15) is 9.59 Å². The summed E-state index contributed by atoms with van der Waals surface area (Å²) in [6, 6.07) is 15.2. The first-order chi connectivity index (χ1) is 14.5. The van der Waals surface area contributed by atoms with Gasteiger partial charge in [-0.15, -0.1) is 0 Å². The van der Waals surface area contributed by atoms with Crippen molar-refractivity contribution in [2.24, 2.45) is 0 Å². The summed E-state index contributed by atoms with van der Waals surface area (Å²) in [7, 11) is 0. The van der Waals surface area contributed by atoms with Gasteiger partial charge in [0.25, 0.3) is 0 Å². The predicted molar refractivity (Wildman–Crippen MR) is 118 cm³/mol. The Bertz CT molecular complexity index is 910. The van der Waals surface area contributed by atoms with E-state index in [0.717, 1.165) is 43.2 Å². The van der Waals surface area contributed by atoms with Gasteiger partial charge in [0.2, 0.25) is 11.8 Å². The van der Waals surface area contributed by atoms with Crippen molar-refractivity contribution in [1.29, 1.82) is 0 Å². The Labute approximate surface area is 181 Å². The normalized spacial score (nSPS) is 21.7. The van der Waals surface area contributed by atoms with E-state index in [-0.39, 0.29) is 11.8 Å². The molecule has 2 aliphatic heterocycles. The number of amides is 2. The molecule has 1 atom stereocenters. The van der Waals surface area contributed by atoms with E-state index in [1.54, 1.807) is 17.0 Å². The maximum absolute atomic E-state index is 13.2. The second kappa shape index (κ2) is 8.66. The second-order valence-electron chi connectivity index (χ2n) is 7.98. The van der Waals surface area contributed by atoms with Gasteiger partial charge in [0.15, 0.2) is 0 Å². The van der Waals surface area contributed by atoms with Crippen molar-refractivity contribution in [1.82, 2.24) is 4.90 Å². The average Bonchev–Trinajstić information content (AvgIpc) is 3.06. The highest BCUT2D eigenvalue weighted by atomic mass is 35.5. The van der Waals surface area contributed by atoms with Gasteiger partial charge >= 0.3 is 0 Å². The first-order valence-corrected chi connectivity index (χ1v) is 10.6. The minimum Gasteiger partial charge on any atom is -0.378 e. The van der Waals surface area contributed by atoms with Gasteiger partial charge in [-0.05, 0) is 55.3 Å². The zero-order valence-electron chi connectivity index (χ0n) is 17.1. The third kappa shape index (κ3) is 4.30. The molecule has 6 nitrogen and oxygen atoms in total. The van der Waals surface area contributed by atoms with Crippen molar-refractivity contribution in [3.63, 3.8) is 0 Å². The minimum absolute atomic E-state index is 0.00901. The van der Waals surface area contributed by atoms with Gasteiger partial charge in [-0.3, -0.25) is 9.59 Å². The van der Waals surface area contributed by atoms with Gasteiger partial charge in [-0.25, -0.2) is 0 Å². The molecule has 30 heavy (non-hydrogen) atoms. The van der Waals surface area contributed by atoms with Crippen molar-refractivity contribution in [3.8, 4) is 0 Å². The van der Waals surface area contributed by atoms with Crippen LogP contribution >= 0.6 is 11.6 Å². The smallest absolute Gasteiger partial charge is 0.250 e. The number of carbonyl (C=O) groups excluding carboxylic acids is 2. The summed E-state index contributed by atoms with van der Waals surface area (Å²) >= 11 is 5.96. The number of nitrogens with zero attached hydrogens (tertiary/aromatic N) is 2. The highest BCUT2D eigenvalue weighted by Crippen LogP contribution is 2.33. The number of halogens is 1. The number of rotatable bonds is 5. The zero-order chi connectivity index (χ0) is 21.1. The largest absolute Gasteiger partial charge is 0.378 e. The SMILES string of the molecule is C[C@]1(C(=O)Nc2ccc(N3CCOCC3)cc2)CCC(=O)N1Cc1ccc(Cl)cc1. The first-order valence-electron chi connectivity index (χ1n) is 10.2. The number of anilines is 2. The van der Waals surface area contributed by atoms with E-state index in [0.29, 0.717) is 24.4 Å². The Balaban J connectivity index is 1.45. The van der Waals surface area contributed by atoms with Gasteiger partial charge in [0.05, 0.1) is 13.2 Å². The fraction of sp³-hybridized carbons (Fsp3) is 0.391. The van der Waals surface area contributed by atoms with Gasteiger partial charge in [-0.2, -0.15) is 0 Å². The highest BCUT2D eigenvalue weighted by Gasteiger charge is 2.47. The molecule has 4 rings (SSSR count). The lowest BCUT2D eigenvalue weighted by Crippen LogP contribution is -2.51. The van der Waals surface area contributed by atoms with Gasteiger partial charge in [0.1, 0.15) is 5.54 Å². The summed E-state index contributed by atoms with van der Waals surface area (Å²) in [5.41, 5.74) is 1.90. The minimum atomic E-state index is -0.889. The Morgan fingerprint density at radius 3 is 2.43 bits per heavy atom. The molecule has 0 saturated carbocycles. The third-order valence-corrected chi connectivity index (χ3v) is 6.22. The number of benzene rings is 2. The van der Waals surface area contributed by atoms with Crippen LogP contribution in [0.3, 0.4) is 0 Å². The molecule has 0 aliphatic carbocycles. The number of likely N-dealkylation sites (tertiary alicyclic amines) is 1. The predicted octanol–water partition coefficient (Wildman–Crippen LogP) is 3.70. The molecule has 0 bridgehead atoms. The maximum Gasteiger partial charge on any atom is 0.250 e. The lowest BCUT2D eigenvalue weighted by atomic mass is 9.97. The molecule has 7 heteroatoms. The highest BCUT2D eigenvalue weighted by molar-refractivity contribution is 6.30. The number of carbonyl (C=O) groups is 2. The maximum atomic E-state index is 13.2. The van der Waals surface area contributed by atoms with Crippen molar-refractivity contribution < 1.29 is 14.3 Å². The molecule has 2 fully saturated rings. The summed E-state index contributed by atoms with van der Waals surface area (Å²) in [5, 5.41) is 3.65. The zero-order valence-corrected chi connectivity index (χ0v) is 17.8. The van der Waals surface area contributed by atoms with Crippen LogP contribution in [0.2, 0.25) is 5.02 Å². The first kappa shape index (κ1) is 20.7. The van der Waals surface area contributed by atoms with Crippen LogP contribution in [0.1, 0.15) is 25.3 Å². The summed E-state index contributed by atoms with van der Waals surface area (Å²) < 4.78 is 5.40. The van der Waals surface area contributed by atoms with E-state index in [4.69, 9.17) is 16.3 Å². The van der Waals surface area contributed by atoms with E-state index in [2.05, 4.69) is 10.2 Å². The van der Waals surface area contributed by atoms with Gasteiger partial charge in [-0.1, -0.05) is 23.7 Å². The molecule has 2 saturated heterocycles. The lowest BCUT2D eigenvalue weighted by molar-refractivity contribution is -0.138. The van der Waals surface area contributed by atoms with Crippen molar-refractivity contribution in [3.05, 3.63) is 59.1 Å². The van der Waals surface area contributed by atoms with Crippen LogP contribution in [-0.4, -0.2) is 48.6 Å². The summed E-state index contributed by atoms with van der Waals surface area (Å²) in [6.07, 6.45) is 0.866. The lowest BCUT2D eigenvalue weighted by Gasteiger charge is -2.34. The van der Waals surface area contributed by atoms with Crippen LogP contribution in [0.4, 0.5) is 11.4 Å². The number of ether oxygens (including phenoxy) is 1. The summed E-state index contributed by atoms with van der Waals surface area (Å²) in [5.74, 6) is -0.174. The monoisotopic (exact) mass is 427 g/mol. The van der Waals surface area contributed by atoms with Crippen LogP contribution in [0.25, 0.3) is 0 Å². The molecule has 0 aromatic heterocycles. The molecule has 2 aromatic carbocycles. The quantitative estimate of drug-likeness (QED) is 0.790. The number of nitrogens with one attached hydrogen (secondary N) is 1. The second-order valence-corrected chi connectivity index (χ2v) is 8.42. The van der Waals surface area contributed by atoms with Crippen LogP contribution in [-0.2, 0) is 20.9 Å². The van der Waals surface area contributed by atoms with Crippen molar-refractivity contribution in [2.75, 3.05) is 36.5 Å². The summed E-state index contributed by atoms with van der Waals surface area (Å²) in [6.45, 7) is 5.42. The van der Waals surface area contributed by atoms with Crippen LogP contribution in [0.15, 0.2) is 48.5 Å². The van der Waals surface area contributed by atoms with E-state index < -0.39 is 5.54 Å². The number of morpholine rings is 1. The number of hydrogen-bond donors (Lipinski definition) is 1. The van der Waals surface area contributed by atoms with Gasteiger partial charge < -0.3 is 19.9 Å². The Morgan fingerprint density at radius 1 is 1.10 bits per heavy atom. The molecular formula is C23H26ClN3O3.